The number of rotatable bonds is 6. The van der Waals surface area contributed by atoms with E-state index in [0.717, 1.165) is 18.6 Å². The minimum atomic E-state index is -0.811. The van der Waals surface area contributed by atoms with Crippen molar-refractivity contribution < 1.29 is 23.0 Å². The van der Waals surface area contributed by atoms with Gasteiger partial charge < -0.3 is 19.7 Å². The molecule has 2 rings (SSSR count). The van der Waals surface area contributed by atoms with Gasteiger partial charge in [0.15, 0.2) is 0 Å². The van der Waals surface area contributed by atoms with E-state index in [2.05, 4.69) is 11.9 Å². The van der Waals surface area contributed by atoms with Gasteiger partial charge in [-0.15, -0.1) is 0 Å². The normalized spacial score (nSPS) is 17.5. The van der Waals surface area contributed by atoms with Crippen LogP contribution in [-0.4, -0.2) is 43.3 Å². The van der Waals surface area contributed by atoms with Gasteiger partial charge in [0.05, 0.1) is 5.56 Å². The first-order valence-electron chi connectivity index (χ1n) is 7.92. The number of hydrogen-bond donors (Lipinski definition) is 1. The Balaban J connectivity index is 2.00. The summed E-state index contributed by atoms with van der Waals surface area (Å²) in [7, 11) is 0. The molecule has 1 saturated heterocycles. The summed E-state index contributed by atoms with van der Waals surface area (Å²) in [6.45, 7) is 6.99. The molecule has 0 spiro atoms. The van der Waals surface area contributed by atoms with Crippen molar-refractivity contribution in [2.24, 2.45) is 0 Å². The highest BCUT2D eigenvalue weighted by Crippen LogP contribution is 2.22. The number of nitrogens with one attached hydrogen (secondary N) is 1. The first-order chi connectivity index (χ1) is 11.6. The molecule has 1 aromatic rings. The van der Waals surface area contributed by atoms with Crippen LogP contribution < -0.4 is 10.1 Å². The maximum atomic E-state index is 14.0. The van der Waals surface area contributed by atoms with Crippen LogP contribution in [-0.2, 0) is 11.3 Å². The first kappa shape index (κ1) is 18.2. The number of benzene rings is 1. The first-order valence-corrected chi connectivity index (χ1v) is 7.92. The number of carbonyl (C=O) groups is 1. The summed E-state index contributed by atoms with van der Waals surface area (Å²) in [6, 6.07) is 2.15. The highest BCUT2D eigenvalue weighted by Gasteiger charge is 2.26. The number of carbonyl (C=O) groups excluding carboxylic acids is 1. The fraction of sp³-hybridized carbons (Fsp3) is 0.471. The second-order valence-electron chi connectivity index (χ2n) is 5.48. The standard InChI is InChI=1S/C17H22F2N2O3/c1-3-7-23-13-8-15(18)14(16(19)9-13)11-24-17(22)21-6-5-20-10-12(21)4-2/h3,8-9,12,20H,1,4-7,10-11H2,2H3/t12-/m1/s1. The van der Waals surface area contributed by atoms with E-state index in [4.69, 9.17) is 9.47 Å². The van der Waals surface area contributed by atoms with E-state index < -0.39 is 24.3 Å². The topological polar surface area (TPSA) is 50.8 Å². The number of ether oxygens (including phenoxy) is 2. The molecule has 0 radical (unpaired) electrons. The molecule has 1 N–H and O–H groups in total. The molecule has 1 aliphatic heterocycles. The van der Waals surface area contributed by atoms with Crippen LogP contribution in [0.3, 0.4) is 0 Å². The molecule has 1 heterocycles. The van der Waals surface area contributed by atoms with Crippen molar-refractivity contribution in [1.82, 2.24) is 10.2 Å². The van der Waals surface area contributed by atoms with Gasteiger partial charge in [-0.2, -0.15) is 0 Å². The number of nitrogens with zero attached hydrogens (tertiary/aromatic N) is 1. The molecule has 1 atom stereocenters. The summed E-state index contributed by atoms with van der Waals surface area (Å²) < 4.78 is 38.2. The fourth-order valence-electron chi connectivity index (χ4n) is 2.54. The minimum Gasteiger partial charge on any atom is -0.489 e. The molecule has 0 bridgehead atoms. The van der Waals surface area contributed by atoms with Gasteiger partial charge in [0, 0.05) is 37.8 Å². The van der Waals surface area contributed by atoms with Gasteiger partial charge in [-0.3, -0.25) is 0 Å². The summed E-state index contributed by atoms with van der Waals surface area (Å²) in [6.07, 6.45) is 1.69. The Morgan fingerprint density at radius 1 is 1.46 bits per heavy atom. The van der Waals surface area contributed by atoms with E-state index >= 15 is 0 Å². The zero-order valence-electron chi connectivity index (χ0n) is 13.7. The summed E-state index contributed by atoms with van der Waals surface area (Å²) >= 11 is 0. The molecule has 1 aromatic carbocycles. The molecule has 1 aliphatic rings. The van der Waals surface area contributed by atoms with Gasteiger partial charge >= 0.3 is 6.09 Å². The maximum Gasteiger partial charge on any atom is 0.410 e. The molecule has 5 nitrogen and oxygen atoms in total. The predicted octanol–water partition coefficient (Wildman–Crippen LogP) is 2.85. The van der Waals surface area contributed by atoms with Crippen molar-refractivity contribution >= 4 is 6.09 Å². The molecular formula is C17H22F2N2O3. The smallest absolute Gasteiger partial charge is 0.410 e. The van der Waals surface area contributed by atoms with Crippen LogP contribution in [0.5, 0.6) is 5.75 Å². The molecular weight excluding hydrogens is 318 g/mol. The Labute approximate surface area is 140 Å². The van der Waals surface area contributed by atoms with E-state index in [1.807, 2.05) is 6.92 Å². The average Bonchev–Trinajstić information content (AvgIpc) is 2.58. The lowest BCUT2D eigenvalue weighted by molar-refractivity contribution is 0.0699. The lowest BCUT2D eigenvalue weighted by Crippen LogP contribution is -2.53. The second-order valence-corrected chi connectivity index (χ2v) is 5.48. The third-order valence-electron chi connectivity index (χ3n) is 3.88. The number of halogens is 2. The molecule has 0 unspecified atom stereocenters. The van der Waals surface area contributed by atoms with Crippen LogP contribution in [0.4, 0.5) is 13.6 Å². The van der Waals surface area contributed by atoms with E-state index in [0.29, 0.717) is 19.6 Å². The van der Waals surface area contributed by atoms with Crippen molar-refractivity contribution in [3.05, 3.63) is 42.0 Å². The number of hydrogen-bond acceptors (Lipinski definition) is 4. The Morgan fingerprint density at radius 2 is 2.17 bits per heavy atom. The summed E-state index contributed by atoms with van der Waals surface area (Å²) in [5.74, 6) is -1.56. The highest BCUT2D eigenvalue weighted by atomic mass is 19.1. The van der Waals surface area contributed by atoms with Gasteiger partial charge in [-0.25, -0.2) is 13.6 Å². The SMILES string of the molecule is C=CCOc1cc(F)c(COC(=O)N2CCNC[C@H]2CC)c(F)c1. The average molecular weight is 340 g/mol. The Morgan fingerprint density at radius 3 is 2.79 bits per heavy atom. The summed E-state index contributed by atoms with van der Waals surface area (Å²) in [5, 5.41) is 3.20. The van der Waals surface area contributed by atoms with E-state index in [1.54, 1.807) is 4.90 Å². The molecule has 0 aliphatic carbocycles. The molecule has 1 fully saturated rings. The molecule has 0 aromatic heterocycles. The largest absolute Gasteiger partial charge is 0.489 e. The van der Waals surface area contributed by atoms with Crippen LogP contribution in [0.25, 0.3) is 0 Å². The highest BCUT2D eigenvalue weighted by molar-refractivity contribution is 5.68. The van der Waals surface area contributed by atoms with Gasteiger partial charge in [0.25, 0.3) is 0 Å². The van der Waals surface area contributed by atoms with Crippen molar-refractivity contribution in [1.29, 1.82) is 0 Å². The maximum absolute atomic E-state index is 14.0. The van der Waals surface area contributed by atoms with Gasteiger partial charge in [0.1, 0.15) is 30.6 Å². The Hall–Kier alpha value is -2.15. The zero-order valence-corrected chi connectivity index (χ0v) is 13.7. The third-order valence-corrected chi connectivity index (χ3v) is 3.88. The van der Waals surface area contributed by atoms with Crippen molar-refractivity contribution in [2.75, 3.05) is 26.2 Å². The van der Waals surface area contributed by atoms with Crippen molar-refractivity contribution in [3.8, 4) is 5.75 Å². The minimum absolute atomic E-state index is 0.0237. The molecule has 132 valence electrons. The van der Waals surface area contributed by atoms with Crippen LogP contribution in [0.15, 0.2) is 24.8 Å². The predicted molar refractivity (Wildman–Crippen MR) is 85.9 cm³/mol. The quantitative estimate of drug-likeness (QED) is 0.809. The zero-order chi connectivity index (χ0) is 17.5. The number of piperazine rings is 1. The van der Waals surface area contributed by atoms with Crippen LogP contribution in [0.1, 0.15) is 18.9 Å². The van der Waals surface area contributed by atoms with Crippen LogP contribution in [0, 0.1) is 11.6 Å². The van der Waals surface area contributed by atoms with Gasteiger partial charge in [-0.1, -0.05) is 19.6 Å². The summed E-state index contributed by atoms with van der Waals surface area (Å²) in [4.78, 5) is 13.8. The fourth-order valence-corrected chi connectivity index (χ4v) is 2.54. The molecule has 1 amide bonds. The lowest BCUT2D eigenvalue weighted by atomic mass is 10.1. The van der Waals surface area contributed by atoms with Crippen LogP contribution >= 0.6 is 0 Å². The summed E-state index contributed by atoms with van der Waals surface area (Å²) in [5.41, 5.74) is -0.294. The van der Waals surface area contributed by atoms with E-state index in [1.165, 1.54) is 6.08 Å². The number of amides is 1. The molecule has 7 heteroatoms. The molecule has 24 heavy (non-hydrogen) atoms. The lowest BCUT2D eigenvalue weighted by Gasteiger charge is -2.34. The second kappa shape index (κ2) is 8.63. The van der Waals surface area contributed by atoms with Crippen molar-refractivity contribution in [3.63, 3.8) is 0 Å². The van der Waals surface area contributed by atoms with Crippen LogP contribution in [0.2, 0.25) is 0 Å². The monoisotopic (exact) mass is 340 g/mol. The van der Waals surface area contributed by atoms with Gasteiger partial charge in [-0.05, 0) is 6.42 Å². The Bertz CT molecular complexity index is 572. The van der Waals surface area contributed by atoms with Gasteiger partial charge in [0.2, 0.25) is 0 Å². The van der Waals surface area contributed by atoms with E-state index in [-0.39, 0.29) is 24.0 Å². The van der Waals surface area contributed by atoms with Crippen molar-refractivity contribution in [2.45, 2.75) is 26.0 Å². The Kier molecular flexibility index (Phi) is 6.54. The van der Waals surface area contributed by atoms with E-state index in [9.17, 15) is 13.6 Å². The third kappa shape index (κ3) is 4.44. The molecule has 0 saturated carbocycles.